The van der Waals surface area contributed by atoms with E-state index in [1.165, 1.54) is 6.42 Å². The van der Waals surface area contributed by atoms with Crippen LogP contribution in [0.25, 0.3) is 0 Å². The summed E-state index contributed by atoms with van der Waals surface area (Å²) in [6.07, 6.45) is 5.22. The third kappa shape index (κ3) is 3.25. The van der Waals surface area contributed by atoms with Gasteiger partial charge in [0, 0.05) is 13.0 Å². The first-order chi connectivity index (χ1) is 12.2. The van der Waals surface area contributed by atoms with Crippen LogP contribution in [0.1, 0.15) is 49.4 Å². The van der Waals surface area contributed by atoms with Crippen molar-refractivity contribution >= 4 is 5.91 Å². The van der Waals surface area contributed by atoms with Crippen molar-refractivity contribution in [3.63, 3.8) is 0 Å². The molecule has 1 amide bonds. The van der Waals surface area contributed by atoms with Gasteiger partial charge >= 0.3 is 0 Å². The van der Waals surface area contributed by atoms with Crippen LogP contribution in [-0.2, 0) is 24.2 Å². The summed E-state index contributed by atoms with van der Waals surface area (Å²) >= 11 is 0. The topological polar surface area (TPSA) is 69.0 Å². The molecule has 132 valence electrons. The quantitative estimate of drug-likeness (QED) is 0.932. The number of carbonyl (C=O) groups is 1. The standard InChI is InChI=1S/C19H24N4O2/c1-13(18-22-21-17-9-3-2-6-10-23(17)18)20-19(24)15-11-14-7-4-5-8-16(14)25-12-15/h4-5,7-8,13,15H,2-3,6,9-12H2,1H3,(H,20,24). The fourth-order valence-electron chi connectivity index (χ4n) is 3.72. The van der Waals surface area contributed by atoms with Crippen molar-refractivity contribution in [1.29, 1.82) is 0 Å². The van der Waals surface area contributed by atoms with Crippen LogP contribution in [0, 0.1) is 5.92 Å². The molecule has 0 fully saturated rings. The van der Waals surface area contributed by atoms with E-state index < -0.39 is 0 Å². The van der Waals surface area contributed by atoms with E-state index >= 15 is 0 Å². The van der Waals surface area contributed by atoms with Crippen LogP contribution in [0.4, 0.5) is 0 Å². The number of para-hydroxylation sites is 1. The number of hydrogen-bond donors (Lipinski definition) is 1. The summed E-state index contributed by atoms with van der Waals surface area (Å²) in [7, 11) is 0. The molecular weight excluding hydrogens is 316 g/mol. The molecule has 4 rings (SSSR count). The maximum Gasteiger partial charge on any atom is 0.227 e. The van der Waals surface area contributed by atoms with Crippen LogP contribution in [0.3, 0.4) is 0 Å². The van der Waals surface area contributed by atoms with Crippen LogP contribution in [0.2, 0.25) is 0 Å². The second kappa shape index (κ2) is 6.86. The molecule has 0 aliphatic carbocycles. The largest absolute Gasteiger partial charge is 0.492 e. The van der Waals surface area contributed by atoms with E-state index in [2.05, 4.69) is 20.1 Å². The monoisotopic (exact) mass is 340 g/mol. The molecule has 2 atom stereocenters. The van der Waals surface area contributed by atoms with Crippen molar-refractivity contribution in [2.45, 2.75) is 51.6 Å². The molecular formula is C19H24N4O2. The van der Waals surface area contributed by atoms with Crippen molar-refractivity contribution < 1.29 is 9.53 Å². The summed E-state index contributed by atoms with van der Waals surface area (Å²) in [6, 6.07) is 7.77. The Morgan fingerprint density at radius 2 is 2.16 bits per heavy atom. The number of nitrogens with one attached hydrogen (secondary N) is 1. The number of fused-ring (bicyclic) bond motifs is 2. The van der Waals surface area contributed by atoms with Gasteiger partial charge in [-0.15, -0.1) is 10.2 Å². The number of nitrogens with zero attached hydrogens (tertiary/aromatic N) is 3. The average Bonchev–Trinajstić information content (AvgIpc) is 2.90. The summed E-state index contributed by atoms with van der Waals surface area (Å²) in [5, 5.41) is 11.8. The lowest BCUT2D eigenvalue weighted by atomic mass is 9.96. The predicted octanol–water partition coefficient (Wildman–Crippen LogP) is 2.43. The van der Waals surface area contributed by atoms with Gasteiger partial charge in [-0.3, -0.25) is 4.79 Å². The maximum absolute atomic E-state index is 12.7. The molecule has 2 aliphatic heterocycles. The number of hydrogen-bond acceptors (Lipinski definition) is 4. The van der Waals surface area contributed by atoms with Crippen molar-refractivity contribution in [3.8, 4) is 5.75 Å². The molecule has 1 N–H and O–H groups in total. The van der Waals surface area contributed by atoms with Crippen molar-refractivity contribution in [3.05, 3.63) is 41.5 Å². The first-order valence-corrected chi connectivity index (χ1v) is 9.15. The zero-order valence-corrected chi connectivity index (χ0v) is 14.6. The fourth-order valence-corrected chi connectivity index (χ4v) is 3.72. The molecule has 6 heteroatoms. The van der Waals surface area contributed by atoms with Gasteiger partial charge < -0.3 is 14.6 Å². The Morgan fingerprint density at radius 1 is 1.28 bits per heavy atom. The van der Waals surface area contributed by atoms with Gasteiger partial charge in [0.25, 0.3) is 0 Å². The third-order valence-corrected chi connectivity index (χ3v) is 5.13. The summed E-state index contributed by atoms with van der Waals surface area (Å²) in [5.41, 5.74) is 1.10. The van der Waals surface area contributed by atoms with E-state index in [-0.39, 0.29) is 17.9 Å². The highest BCUT2D eigenvalue weighted by Crippen LogP contribution is 2.27. The van der Waals surface area contributed by atoms with E-state index in [1.807, 2.05) is 31.2 Å². The van der Waals surface area contributed by atoms with Gasteiger partial charge in [0.1, 0.15) is 18.2 Å². The van der Waals surface area contributed by atoms with Gasteiger partial charge in [-0.25, -0.2) is 0 Å². The molecule has 3 heterocycles. The highest BCUT2D eigenvalue weighted by molar-refractivity contribution is 5.80. The van der Waals surface area contributed by atoms with Crippen molar-refractivity contribution in [1.82, 2.24) is 20.1 Å². The SMILES string of the molecule is CC(NC(=O)C1COc2ccccc2C1)c1nnc2n1CCCCC2. The summed E-state index contributed by atoms with van der Waals surface area (Å²) in [6.45, 7) is 3.35. The maximum atomic E-state index is 12.7. The Hall–Kier alpha value is -2.37. The van der Waals surface area contributed by atoms with Crippen LogP contribution < -0.4 is 10.1 Å². The zero-order chi connectivity index (χ0) is 17.2. The minimum Gasteiger partial charge on any atom is -0.492 e. The van der Waals surface area contributed by atoms with Gasteiger partial charge in [-0.2, -0.15) is 0 Å². The van der Waals surface area contributed by atoms with Gasteiger partial charge in [0.05, 0.1) is 12.0 Å². The molecule has 1 aromatic carbocycles. The number of aryl methyl sites for hydroxylation is 1. The first-order valence-electron chi connectivity index (χ1n) is 9.15. The molecule has 6 nitrogen and oxygen atoms in total. The summed E-state index contributed by atoms with van der Waals surface area (Å²) in [4.78, 5) is 12.7. The lowest BCUT2D eigenvalue weighted by Crippen LogP contribution is -2.39. The van der Waals surface area contributed by atoms with E-state index in [4.69, 9.17) is 4.74 Å². The van der Waals surface area contributed by atoms with E-state index in [0.29, 0.717) is 13.0 Å². The highest BCUT2D eigenvalue weighted by Gasteiger charge is 2.28. The number of benzene rings is 1. The molecule has 2 aliphatic rings. The second-order valence-corrected chi connectivity index (χ2v) is 6.99. The molecule has 0 bridgehead atoms. The second-order valence-electron chi connectivity index (χ2n) is 6.99. The Balaban J connectivity index is 1.44. The minimum absolute atomic E-state index is 0.0213. The van der Waals surface area contributed by atoms with Crippen LogP contribution in [-0.4, -0.2) is 27.3 Å². The minimum atomic E-state index is -0.163. The van der Waals surface area contributed by atoms with E-state index in [9.17, 15) is 4.79 Å². The fraction of sp³-hybridized carbons (Fsp3) is 0.526. The van der Waals surface area contributed by atoms with Gasteiger partial charge in [-0.05, 0) is 37.8 Å². The molecule has 1 aromatic heterocycles. The van der Waals surface area contributed by atoms with Crippen molar-refractivity contribution in [2.75, 3.05) is 6.61 Å². The lowest BCUT2D eigenvalue weighted by Gasteiger charge is -2.25. The molecule has 2 aromatic rings. The Kier molecular flexibility index (Phi) is 4.42. The van der Waals surface area contributed by atoms with Crippen LogP contribution in [0.15, 0.2) is 24.3 Å². The van der Waals surface area contributed by atoms with E-state index in [0.717, 1.165) is 48.8 Å². The summed E-state index contributed by atoms with van der Waals surface area (Å²) in [5.74, 6) is 2.66. The number of amides is 1. The Labute approximate surface area is 147 Å². The smallest absolute Gasteiger partial charge is 0.227 e. The molecule has 0 saturated heterocycles. The Bertz CT molecular complexity index is 771. The van der Waals surface area contributed by atoms with Gasteiger partial charge in [0.2, 0.25) is 5.91 Å². The average molecular weight is 340 g/mol. The number of carbonyl (C=O) groups excluding carboxylic acids is 1. The number of ether oxygens (including phenoxy) is 1. The lowest BCUT2D eigenvalue weighted by molar-refractivity contribution is -0.127. The first kappa shape index (κ1) is 16.1. The molecule has 0 saturated carbocycles. The van der Waals surface area contributed by atoms with Crippen molar-refractivity contribution in [2.24, 2.45) is 5.92 Å². The molecule has 2 unspecified atom stereocenters. The van der Waals surface area contributed by atoms with Gasteiger partial charge in [-0.1, -0.05) is 24.6 Å². The van der Waals surface area contributed by atoms with Gasteiger partial charge in [0.15, 0.2) is 5.82 Å². The summed E-state index contributed by atoms with van der Waals surface area (Å²) < 4.78 is 7.93. The molecule has 25 heavy (non-hydrogen) atoms. The predicted molar refractivity (Wildman–Crippen MR) is 93.3 cm³/mol. The highest BCUT2D eigenvalue weighted by atomic mass is 16.5. The Morgan fingerprint density at radius 3 is 3.08 bits per heavy atom. The molecule has 0 spiro atoms. The zero-order valence-electron chi connectivity index (χ0n) is 14.6. The van der Waals surface area contributed by atoms with Crippen LogP contribution in [0.5, 0.6) is 5.75 Å². The van der Waals surface area contributed by atoms with Crippen LogP contribution >= 0.6 is 0 Å². The number of rotatable bonds is 3. The molecule has 0 radical (unpaired) electrons. The van der Waals surface area contributed by atoms with E-state index in [1.54, 1.807) is 0 Å². The normalized spacial score (nSPS) is 20.6. The number of aromatic nitrogens is 3. The third-order valence-electron chi connectivity index (χ3n) is 5.13.